The molecule has 0 aliphatic heterocycles. The van der Waals surface area contributed by atoms with Crippen LogP contribution in [0.25, 0.3) is 0 Å². The van der Waals surface area contributed by atoms with E-state index in [1.54, 1.807) is 0 Å². The molecule has 15 N–H and O–H groups in total. The summed E-state index contributed by atoms with van der Waals surface area (Å²) in [5.41, 5.74) is 0. The Kier molecular flexibility index (Phi) is 43.7. The molecule has 0 aromatic carbocycles. The quantitative estimate of drug-likeness (QED) is 0.0409. The summed E-state index contributed by atoms with van der Waals surface area (Å²) in [5.74, 6) is -7.14. The van der Waals surface area contributed by atoms with Crippen molar-refractivity contribution in [2.75, 3.05) is 15.3 Å². The monoisotopic (exact) mass is 1190 g/mol. The first-order chi connectivity index (χ1) is 32.3. The van der Waals surface area contributed by atoms with E-state index in [2.05, 4.69) is 49.4 Å². The van der Waals surface area contributed by atoms with Gasteiger partial charge in [-0.25, -0.2) is 57.4 Å². The minimum atomic E-state index is -4.62. The summed E-state index contributed by atoms with van der Waals surface area (Å²) in [7, 11) is -24.5. The fourth-order valence-corrected chi connectivity index (χ4v) is 7.45. The molecular formula is C27H51BN6O33S6. The third-order valence-corrected chi connectivity index (χ3v) is 12.5. The third kappa shape index (κ3) is 75.0. The second-order valence-corrected chi connectivity index (χ2v) is 21.4. The molecule has 0 unspecified atom stereocenters. The maximum absolute atomic E-state index is 9.66. The van der Waals surface area contributed by atoms with Crippen molar-refractivity contribution < 1.29 is 166 Å². The lowest BCUT2D eigenvalue weighted by atomic mass is 10.3. The number of hydrogen-bond acceptors (Lipinski definition) is 21. The van der Waals surface area contributed by atoms with Crippen LogP contribution in [-0.4, -0.2) is 182 Å². The average Bonchev–Trinajstić information content (AvgIpc) is 3.88. The highest BCUT2D eigenvalue weighted by Crippen LogP contribution is 1.90. The SMILES string of the molecule is CCc1[nH]cc[n+]1C.CCc1[nH]cc[n+]1C.CCc1[nH]cc[n+]1C.O=C(O)C(=O)O.O=C(O)C(=O)O.O=C(O)C(=O)O.O=S(=O)(O)CS(=O)(=O)O.O=S(=O)(O)CS(=O)(=O)O.O=S(=O)(O)CS(=O)(=O)O.[O-]B([O-])[O-]. The van der Waals surface area contributed by atoms with Gasteiger partial charge in [-0.2, -0.15) is 50.5 Å². The van der Waals surface area contributed by atoms with Gasteiger partial charge in [0.05, 0.1) is 21.1 Å². The molecule has 426 valence electrons. The van der Waals surface area contributed by atoms with Crippen LogP contribution in [0.4, 0.5) is 0 Å². The zero-order valence-corrected chi connectivity index (χ0v) is 42.9. The number of nitrogens with one attached hydrogen (secondary N) is 3. The summed E-state index contributed by atoms with van der Waals surface area (Å²) >= 11 is 0. The largest absolute Gasteiger partial charge is 0.907 e. The van der Waals surface area contributed by atoms with E-state index in [9.17, 15) is 50.5 Å². The summed E-state index contributed by atoms with van der Waals surface area (Å²) in [6.07, 6.45) is 15.1. The molecule has 0 aliphatic carbocycles. The molecule has 0 saturated heterocycles. The molecule has 0 radical (unpaired) electrons. The van der Waals surface area contributed by atoms with E-state index in [1.165, 1.54) is 17.5 Å². The smallest absolute Gasteiger partial charge is 0.414 e. The number of rotatable bonds is 9. The van der Waals surface area contributed by atoms with Crippen molar-refractivity contribution in [1.82, 2.24) is 15.0 Å². The van der Waals surface area contributed by atoms with Crippen LogP contribution in [0.2, 0.25) is 0 Å². The van der Waals surface area contributed by atoms with Gasteiger partial charge in [-0.1, -0.05) is 20.8 Å². The zero-order chi connectivity index (χ0) is 60.1. The van der Waals surface area contributed by atoms with Crippen molar-refractivity contribution in [2.24, 2.45) is 21.1 Å². The van der Waals surface area contributed by atoms with Crippen LogP contribution in [0.5, 0.6) is 0 Å². The number of aromatic nitrogens is 6. The zero-order valence-electron chi connectivity index (χ0n) is 38.0. The molecule has 46 heteroatoms. The second kappa shape index (κ2) is 39.4. The van der Waals surface area contributed by atoms with Crippen molar-refractivity contribution in [3.8, 4) is 0 Å². The first-order valence-corrected chi connectivity index (χ1v) is 27.1. The van der Waals surface area contributed by atoms with Crippen molar-refractivity contribution in [3.63, 3.8) is 0 Å². The molecule has 0 spiro atoms. The van der Waals surface area contributed by atoms with Gasteiger partial charge in [-0.15, -0.1) is 0 Å². The van der Waals surface area contributed by atoms with Crippen LogP contribution in [0.1, 0.15) is 38.2 Å². The second-order valence-electron chi connectivity index (χ2n) is 11.6. The van der Waals surface area contributed by atoms with Crippen molar-refractivity contribution in [1.29, 1.82) is 0 Å². The fraction of sp³-hybridized carbons (Fsp3) is 0.444. The van der Waals surface area contributed by atoms with Gasteiger partial charge in [-0.3, -0.25) is 34.6 Å². The Balaban J connectivity index is -0.000000134. The van der Waals surface area contributed by atoms with Gasteiger partial charge in [0, 0.05) is 19.3 Å². The topological polar surface area (TPSA) is 678 Å². The molecule has 0 atom stereocenters. The van der Waals surface area contributed by atoms with Gasteiger partial charge in [0.2, 0.25) is 15.3 Å². The lowest BCUT2D eigenvalue weighted by Gasteiger charge is -2.35. The first kappa shape index (κ1) is 80.9. The molecule has 3 heterocycles. The first-order valence-electron chi connectivity index (χ1n) is 17.4. The lowest BCUT2D eigenvalue weighted by molar-refractivity contribution is -0.677. The van der Waals surface area contributed by atoms with Crippen LogP contribution in [0.3, 0.4) is 0 Å². The molecule has 3 aromatic rings. The standard InChI is InChI=1S/3C6H10N2.3C2H2O4.3CH4O6S2.BO3/c3*1-3-6-7-4-5-8(6)2;3*3-1(4)2(5)6;3*2-8(3,4)1-9(5,6)7;2-1(3)4/h3*4-5H,3H2,1-2H3;3*(H,3,4)(H,5,6);3*1H2,(H,2,3,4)(H,5,6,7);/q;;;;;;;;;-3/p+3. The predicted molar refractivity (Wildman–Crippen MR) is 230 cm³/mol. The fourth-order valence-electron chi connectivity index (χ4n) is 2.93. The number of carboxylic acids is 6. The Morgan fingerprint density at radius 2 is 0.521 bits per heavy atom. The Labute approximate surface area is 414 Å². The summed E-state index contributed by atoms with van der Waals surface area (Å²) in [6.45, 7) is 6.39. The van der Waals surface area contributed by atoms with Gasteiger partial charge >= 0.3 is 35.8 Å². The molecule has 39 nitrogen and oxygen atoms in total. The van der Waals surface area contributed by atoms with E-state index >= 15 is 0 Å². The number of carbonyl (C=O) groups is 6. The number of aryl methyl sites for hydroxylation is 6. The van der Waals surface area contributed by atoms with Crippen molar-refractivity contribution in [2.45, 2.75) is 40.0 Å². The molecule has 0 fully saturated rings. The van der Waals surface area contributed by atoms with Crippen LogP contribution in [-0.2, 0) is 130 Å². The van der Waals surface area contributed by atoms with E-state index in [0.717, 1.165) is 19.3 Å². The van der Waals surface area contributed by atoms with E-state index in [-0.39, 0.29) is 0 Å². The van der Waals surface area contributed by atoms with Gasteiger partial charge in [-0.05, 0) is 0 Å². The van der Waals surface area contributed by atoms with Crippen molar-refractivity contribution >= 4 is 104 Å². The summed E-state index contributed by atoms with van der Waals surface area (Å²) in [6, 6.07) is 0. The minimum Gasteiger partial charge on any atom is -0.907 e. The molecule has 0 saturated carbocycles. The maximum atomic E-state index is 9.66. The minimum absolute atomic E-state index is 1.07. The van der Waals surface area contributed by atoms with Crippen LogP contribution < -0.4 is 28.8 Å². The van der Waals surface area contributed by atoms with Gasteiger partial charge in [0.1, 0.15) is 37.2 Å². The van der Waals surface area contributed by atoms with E-state index < -0.39 is 119 Å². The number of carboxylic acid groups (broad SMARTS) is 6. The van der Waals surface area contributed by atoms with Crippen LogP contribution >= 0.6 is 0 Å². The molecular weight excluding hydrogens is 1140 g/mol. The van der Waals surface area contributed by atoms with E-state index in [4.69, 9.17) is 102 Å². The highest BCUT2D eigenvalue weighted by molar-refractivity contribution is 8.03. The van der Waals surface area contributed by atoms with Gasteiger partial charge in [0.15, 0.2) is 0 Å². The molecule has 0 bridgehead atoms. The average molecular weight is 1190 g/mol. The Morgan fingerprint density at radius 3 is 0.548 bits per heavy atom. The predicted octanol–water partition coefficient (Wildman–Crippen LogP) is -9.12. The Hall–Kier alpha value is -6.15. The van der Waals surface area contributed by atoms with Crippen LogP contribution in [0.15, 0.2) is 37.2 Å². The molecule has 73 heavy (non-hydrogen) atoms. The number of aromatic amines is 3. The summed E-state index contributed by atoms with van der Waals surface area (Å²) < 4.78 is 169. The van der Waals surface area contributed by atoms with E-state index in [0.29, 0.717) is 0 Å². The number of hydrogen-bond donors (Lipinski definition) is 15. The number of imidazole rings is 3. The van der Waals surface area contributed by atoms with Crippen molar-refractivity contribution in [3.05, 3.63) is 54.7 Å². The Bertz CT molecular complexity index is 2390. The lowest BCUT2D eigenvalue weighted by Crippen LogP contribution is -2.56. The molecule has 0 aliphatic rings. The van der Waals surface area contributed by atoms with Crippen LogP contribution in [0, 0.1) is 0 Å². The number of aliphatic carboxylic acids is 6. The van der Waals surface area contributed by atoms with Gasteiger partial charge in [0.25, 0.3) is 78.2 Å². The number of nitrogens with zero attached hydrogens (tertiary/aromatic N) is 3. The summed E-state index contributed by atoms with van der Waals surface area (Å²) in [4.78, 5) is 64.0. The summed E-state index contributed by atoms with van der Waals surface area (Å²) in [5, 5.41) is 64.6. The van der Waals surface area contributed by atoms with E-state index in [1.807, 2.05) is 58.3 Å². The molecule has 3 rings (SSSR count). The number of H-pyrrole nitrogens is 3. The Morgan fingerprint density at radius 1 is 0.397 bits per heavy atom. The third-order valence-electron chi connectivity index (χ3n) is 5.37. The normalized spacial score (nSPS) is 10.4. The highest BCUT2D eigenvalue weighted by Gasteiger charge is 2.17. The highest BCUT2D eigenvalue weighted by atomic mass is 32.3. The molecule has 0 amide bonds. The van der Waals surface area contributed by atoms with Gasteiger partial charge < -0.3 is 45.7 Å². The maximum Gasteiger partial charge on any atom is 0.414 e. The molecule has 3 aromatic heterocycles.